The number of hydrogen-bond acceptors (Lipinski definition) is 5. The molecule has 21 heavy (non-hydrogen) atoms. The second kappa shape index (κ2) is 7.03. The Balaban J connectivity index is 1.84. The van der Waals surface area contributed by atoms with Gasteiger partial charge in [-0.15, -0.1) is 11.8 Å². The number of thioether (sulfide) groups is 1. The van der Waals surface area contributed by atoms with E-state index in [1.807, 2.05) is 13.2 Å². The van der Waals surface area contributed by atoms with E-state index in [-0.39, 0.29) is 5.91 Å². The summed E-state index contributed by atoms with van der Waals surface area (Å²) in [5, 5.41) is 6.91. The van der Waals surface area contributed by atoms with Gasteiger partial charge < -0.3 is 15.8 Å². The monoisotopic (exact) mass is 306 g/mol. The summed E-state index contributed by atoms with van der Waals surface area (Å²) in [5.74, 6) is 1.19. The normalized spacial score (nSPS) is 10.4. The zero-order chi connectivity index (χ0) is 15.2. The van der Waals surface area contributed by atoms with Gasteiger partial charge in [0.25, 0.3) is 0 Å². The lowest BCUT2D eigenvalue weighted by molar-refractivity contribution is -0.115. The van der Waals surface area contributed by atoms with Gasteiger partial charge in [-0.2, -0.15) is 5.10 Å². The van der Waals surface area contributed by atoms with Crippen molar-refractivity contribution in [3.05, 3.63) is 30.6 Å². The fraction of sp³-hybridized carbons (Fsp3) is 0.286. The molecule has 2 aromatic rings. The minimum atomic E-state index is -0.0607. The lowest BCUT2D eigenvalue weighted by atomic mass is 10.2. The Kier molecular flexibility index (Phi) is 5.10. The van der Waals surface area contributed by atoms with E-state index < -0.39 is 0 Å². The Morgan fingerprint density at radius 1 is 1.52 bits per heavy atom. The third-order valence-electron chi connectivity index (χ3n) is 2.78. The quantitative estimate of drug-likeness (QED) is 0.631. The van der Waals surface area contributed by atoms with E-state index in [1.54, 1.807) is 47.9 Å². The molecule has 1 amide bonds. The smallest absolute Gasteiger partial charge is 0.225 e. The number of nitrogens with two attached hydrogens (primary N) is 1. The topological polar surface area (TPSA) is 82.2 Å². The van der Waals surface area contributed by atoms with Crippen molar-refractivity contribution in [3.63, 3.8) is 0 Å². The highest BCUT2D eigenvalue weighted by Crippen LogP contribution is 2.27. The number of aryl methyl sites for hydroxylation is 1. The third kappa shape index (κ3) is 4.42. The molecule has 7 heteroatoms. The Morgan fingerprint density at radius 3 is 3.00 bits per heavy atom. The van der Waals surface area contributed by atoms with Crippen LogP contribution < -0.4 is 15.8 Å². The van der Waals surface area contributed by atoms with Crippen LogP contribution in [0.15, 0.2) is 35.5 Å². The number of ether oxygens (including phenoxy) is 1. The van der Waals surface area contributed by atoms with E-state index in [4.69, 9.17) is 10.5 Å². The van der Waals surface area contributed by atoms with Crippen LogP contribution in [0.5, 0.6) is 5.75 Å². The summed E-state index contributed by atoms with van der Waals surface area (Å²) in [4.78, 5) is 13.0. The molecule has 1 heterocycles. The SMILES string of the molecule is COc1cc(N)ccc1NC(=O)CCSc1cnn(C)c1. The van der Waals surface area contributed by atoms with E-state index in [0.29, 0.717) is 29.3 Å². The lowest BCUT2D eigenvalue weighted by Gasteiger charge is -2.10. The number of nitrogen functional groups attached to an aromatic ring is 1. The molecule has 1 aromatic carbocycles. The number of aromatic nitrogens is 2. The van der Waals surface area contributed by atoms with Crippen molar-refractivity contribution in [3.8, 4) is 5.75 Å². The molecule has 0 aliphatic heterocycles. The van der Waals surface area contributed by atoms with Crippen LogP contribution in [0.3, 0.4) is 0 Å². The van der Waals surface area contributed by atoms with Crippen LogP contribution in [-0.2, 0) is 11.8 Å². The molecule has 0 aliphatic carbocycles. The van der Waals surface area contributed by atoms with Gasteiger partial charge in [0.05, 0.1) is 19.0 Å². The lowest BCUT2D eigenvalue weighted by Crippen LogP contribution is -2.13. The summed E-state index contributed by atoms with van der Waals surface area (Å²) in [6.45, 7) is 0. The van der Waals surface area contributed by atoms with Gasteiger partial charge in [0.15, 0.2) is 0 Å². The van der Waals surface area contributed by atoms with Crippen LogP contribution in [0.1, 0.15) is 6.42 Å². The molecular formula is C14H18N4O2S. The first-order valence-electron chi connectivity index (χ1n) is 6.43. The standard InChI is InChI=1S/C14H18N4O2S/c1-18-9-11(8-16-18)21-6-5-14(19)17-12-4-3-10(15)7-13(12)20-2/h3-4,7-9H,5-6,15H2,1-2H3,(H,17,19). The molecular weight excluding hydrogens is 288 g/mol. The second-order valence-electron chi connectivity index (χ2n) is 4.46. The summed E-state index contributed by atoms with van der Waals surface area (Å²) >= 11 is 1.60. The average Bonchev–Trinajstić information content (AvgIpc) is 2.86. The number of nitrogens with one attached hydrogen (secondary N) is 1. The van der Waals surface area contributed by atoms with E-state index in [2.05, 4.69) is 10.4 Å². The molecule has 0 atom stereocenters. The van der Waals surface area contributed by atoms with Crippen molar-refractivity contribution >= 4 is 29.0 Å². The molecule has 1 aromatic heterocycles. The molecule has 0 bridgehead atoms. The molecule has 0 spiro atoms. The van der Waals surface area contributed by atoms with Crippen LogP contribution in [0.25, 0.3) is 0 Å². The minimum Gasteiger partial charge on any atom is -0.494 e. The summed E-state index contributed by atoms with van der Waals surface area (Å²) in [6, 6.07) is 5.14. The summed E-state index contributed by atoms with van der Waals surface area (Å²) in [5.41, 5.74) is 6.90. The van der Waals surface area contributed by atoms with E-state index in [9.17, 15) is 4.79 Å². The third-order valence-corrected chi connectivity index (χ3v) is 3.73. The van der Waals surface area contributed by atoms with Crippen LogP contribution in [-0.4, -0.2) is 28.6 Å². The first-order chi connectivity index (χ1) is 10.1. The second-order valence-corrected chi connectivity index (χ2v) is 5.62. The number of anilines is 2. The Bertz CT molecular complexity index is 627. The highest BCUT2D eigenvalue weighted by Gasteiger charge is 2.08. The fourth-order valence-electron chi connectivity index (χ4n) is 1.76. The minimum absolute atomic E-state index is 0.0607. The van der Waals surface area contributed by atoms with Gasteiger partial charge in [0, 0.05) is 42.1 Å². The number of nitrogens with zero attached hydrogens (tertiary/aromatic N) is 2. The molecule has 0 unspecified atom stereocenters. The van der Waals surface area contributed by atoms with Gasteiger partial charge in [-0.05, 0) is 12.1 Å². The van der Waals surface area contributed by atoms with Gasteiger partial charge in [0.2, 0.25) is 5.91 Å². The predicted molar refractivity (Wildman–Crippen MR) is 84.6 cm³/mol. The van der Waals surface area contributed by atoms with Crippen molar-refractivity contribution in [1.29, 1.82) is 0 Å². The van der Waals surface area contributed by atoms with Crippen molar-refractivity contribution < 1.29 is 9.53 Å². The number of rotatable bonds is 6. The number of amides is 1. The summed E-state index contributed by atoms with van der Waals surface area (Å²) < 4.78 is 6.93. The van der Waals surface area contributed by atoms with Gasteiger partial charge in [-0.25, -0.2) is 0 Å². The molecule has 112 valence electrons. The van der Waals surface area contributed by atoms with Crippen LogP contribution in [0.4, 0.5) is 11.4 Å². The number of carbonyl (C=O) groups is 1. The van der Waals surface area contributed by atoms with Gasteiger partial charge >= 0.3 is 0 Å². The van der Waals surface area contributed by atoms with Gasteiger partial charge in [-0.3, -0.25) is 9.48 Å². The first-order valence-corrected chi connectivity index (χ1v) is 7.42. The average molecular weight is 306 g/mol. The molecule has 0 aliphatic rings. The molecule has 2 rings (SSSR count). The zero-order valence-corrected chi connectivity index (χ0v) is 12.8. The van der Waals surface area contributed by atoms with Crippen molar-refractivity contribution in [1.82, 2.24) is 9.78 Å². The largest absolute Gasteiger partial charge is 0.494 e. The number of carbonyl (C=O) groups excluding carboxylic acids is 1. The Labute approximate surface area is 127 Å². The molecule has 0 saturated carbocycles. The maximum Gasteiger partial charge on any atom is 0.225 e. The highest BCUT2D eigenvalue weighted by atomic mass is 32.2. The summed E-state index contributed by atoms with van der Waals surface area (Å²) in [6.07, 6.45) is 4.12. The van der Waals surface area contributed by atoms with E-state index >= 15 is 0 Å². The molecule has 0 radical (unpaired) electrons. The van der Waals surface area contributed by atoms with E-state index in [0.717, 1.165) is 4.90 Å². The Morgan fingerprint density at radius 2 is 2.33 bits per heavy atom. The number of methoxy groups -OCH3 is 1. The molecule has 6 nitrogen and oxygen atoms in total. The highest BCUT2D eigenvalue weighted by molar-refractivity contribution is 7.99. The van der Waals surface area contributed by atoms with E-state index in [1.165, 1.54) is 0 Å². The van der Waals surface area contributed by atoms with Crippen molar-refractivity contribution in [2.45, 2.75) is 11.3 Å². The zero-order valence-electron chi connectivity index (χ0n) is 12.0. The van der Waals surface area contributed by atoms with Crippen molar-refractivity contribution in [2.24, 2.45) is 7.05 Å². The first kappa shape index (κ1) is 15.2. The number of hydrogen-bond donors (Lipinski definition) is 2. The molecule has 3 N–H and O–H groups in total. The molecule has 0 fully saturated rings. The Hall–Kier alpha value is -2.15. The maximum absolute atomic E-state index is 11.9. The molecule has 0 saturated heterocycles. The maximum atomic E-state index is 11.9. The summed E-state index contributed by atoms with van der Waals surface area (Å²) in [7, 11) is 3.41. The van der Waals surface area contributed by atoms with Crippen LogP contribution in [0, 0.1) is 0 Å². The van der Waals surface area contributed by atoms with Gasteiger partial charge in [-0.1, -0.05) is 0 Å². The van der Waals surface area contributed by atoms with Crippen LogP contribution >= 0.6 is 11.8 Å². The van der Waals surface area contributed by atoms with Crippen LogP contribution in [0.2, 0.25) is 0 Å². The number of benzene rings is 1. The van der Waals surface area contributed by atoms with Crippen molar-refractivity contribution in [2.75, 3.05) is 23.9 Å². The van der Waals surface area contributed by atoms with Gasteiger partial charge in [0.1, 0.15) is 5.75 Å². The fourth-order valence-corrected chi connectivity index (χ4v) is 2.63. The predicted octanol–water partition coefficient (Wildman–Crippen LogP) is 2.13.